The Kier molecular flexibility index (Phi) is 6.66. The molecule has 0 bridgehead atoms. The first kappa shape index (κ1) is 26.4. The second-order valence-electron chi connectivity index (χ2n) is 9.93. The third kappa shape index (κ3) is 5.11. The van der Waals surface area contributed by atoms with Gasteiger partial charge in [-0.05, 0) is 66.8 Å². The number of ether oxygens (including phenoxy) is 1. The van der Waals surface area contributed by atoms with Crippen LogP contribution >= 0.6 is 0 Å². The fourth-order valence-electron chi connectivity index (χ4n) is 5.12. The second-order valence-corrected chi connectivity index (χ2v) is 12.0. The van der Waals surface area contributed by atoms with E-state index in [-0.39, 0.29) is 34.2 Å². The number of benzene rings is 2. The summed E-state index contributed by atoms with van der Waals surface area (Å²) in [6, 6.07) is 11.5. The Balaban J connectivity index is 1.33. The number of sulfone groups is 1. The number of nitrogens with zero attached hydrogens (tertiary/aromatic N) is 3. The molecule has 1 unspecified atom stereocenters. The monoisotopic (exact) mass is 574 g/mol. The minimum Gasteiger partial charge on any atom is -0.447 e. The maximum absolute atomic E-state index is 13.2. The van der Waals surface area contributed by atoms with Crippen LogP contribution < -0.4 is 21.4 Å². The Hall–Kier alpha value is -4.78. The van der Waals surface area contributed by atoms with Crippen molar-refractivity contribution in [2.24, 2.45) is 0 Å². The molecular weight excluding hydrogens is 548 g/mol. The van der Waals surface area contributed by atoms with E-state index < -0.39 is 33.3 Å². The second kappa shape index (κ2) is 10.3. The number of hydrogen-bond donors (Lipinski definition) is 3. The molecule has 2 aliphatic rings. The summed E-state index contributed by atoms with van der Waals surface area (Å²) in [6.45, 7) is -0.00184. The van der Waals surface area contributed by atoms with Crippen LogP contribution in [0.3, 0.4) is 0 Å². The summed E-state index contributed by atoms with van der Waals surface area (Å²) >= 11 is 0. The van der Waals surface area contributed by atoms with Gasteiger partial charge >= 0.3 is 6.09 Å². The first-order valence-electron chi connectivity index (χ1n) is 13.0. The summed E-state index contributed by atoms with van der Waals surface area (Å²) in [5, 5.41) is 8.22. The zero-order valence-electron chi connectivity index (χ0n) is 22.0. The molecule has 2 aromatic heterocycles. The zero-order valence-corrected chi connectivity index (χ0v) is 22.8. The summed E-state index contributed by atoms with van der Waals surface area (Å²) in [4.78, 5) is 45.9. The first-order chi connectivity index (χ1) is 19.7. The van der Waals surface area contributed by atoms with Crippen molar-refractivity contribution in [1.29, 1.82) is 0 Å². The molecule has 0 radical (unpaired) electrons. The number of alkyl carbamates (subject to hydrolysis) is 1. The molecule has 3 heterocycles. The van der Waals surface area contributed by atoms with Crippen LogP contribution in [0.15, 0.2) is 64.5 Å². The van der Waals surface area contributed by atoms with Crippen LogP contribution in [0.25, 0.3) is 16.7 Å². The summed E-state index contributed by atoms with van der Waals surface area (Å²) < 4.78 is 32.0. The average molecular weight is 575 g/mol. The van der Waals surface area contributed by atoms with E-state index in [0.29, 0.717) is 11.3 Å². The molecule has 13 heteroatoms. The van der Waals surface area contributed by atoms with Crippen LogP contribution in [0.5, 0.6) is 0 Å². The van der Waals surface area contributed by atoms with Gasteiger partial charge in [-0.25, -0.2) is 18.2 Å². The lowest BCUT2D eigenvalue weighted by molar-refractivity contribution is 0.0961. The molecular formula is C28H26N6O6S. The van der Waals surface area contributed by atoms with Crippen molar-refractivity contribution in [2.75, 3.05) is 24.7 Å². The molecule has 1 atom stereocenters. The van der Waals surface area contributed by atoms with Crippen molar-refractivity contribution >= 4 is 44.5 Å². The molecule has 1 aliphatic carbocycles. The fourth-order valence-corrected chi connectivity index (χ4v) is 6.58. The highest BCUT2D eigenvalue weighted by molar-refractivity contribution is 7.91. The summed E-state index contributed by atoms with van der Waals surface area (Å²) in [5.41, 5.74) is 3.61. The molecule has 0 spiro atoms. The number of anilines is 2. The van der Waals surface area contributed by atoms with E-state index in [9.17, 15) is 22.8 Å². The molecule has 3 N–H and O–H groups in total. The Bertz CT molecular complexity index is 1870. The molecule has 12 nitrogen and oxygen atoms in total. The largest absolute Gasteiger partial charge is 0.447 e. The molecule has 6 rings (SSSR count). The lowest BCUT2D eigenvalue weighted by Crippen LogP contribution is -2.33. The van der Waals surface area contributed by atoms with Crippen molar-refractivity contribution in [2.45, 2.75) is 30.2 Å². The third-order valence-electron chi connectivity index (χ3n) is 7.20. The number of nitrogens with one attached hydrogen (secondary N) is 3. The van der Waals surface area contributed by atoms with Crippen molar-refractivity contribution in [3.63, 3.8) is 0 Å². The standard InChI is InChI=1S/C28H26N6O6S/c1-29-26(36)23-13-34(20-8-5-16-3-2-4-17(16)11-20)25-22(24(23)35)12-30-27(33-25)31-18-6-9-21(10-7-18)41(38,39)15-19-14-40-28(37)32-19/h5-13,19H,2-4,14-15H2,1H3,(H,29,36)(H,32,37)(H,30,31,33). The fraction of sp³-hybridized carbons (Fsp3) is 0.250. The Morgan fingerprint density at radius 1 is 1.12 bits per heavy atom. The van der Waals surface area contributed by atoms with Gasteiger partial charge in [-0.2, -0.15) is 4.98 Å². The van der Waals surface area contributed by atoms with Gasteiger partial charge in [0.1, 0.15) is 12.2 Å². The molecule has 210 valence electrons. The predicted octanol–water partition coefficient (Wildman–Crippen LogP) is 2.25. The lowest BCUT2D eigenvalue weighted by Gasteiger charge is -2.15. The minimum atomic E-state index is -3.67. The van der Waals surface area contributed by atoms with Crippen LogP contribution in [0, 0.1) is 0 Å². The quantitative estimate of drug-likeness (QED) is 0.301. The predicted molar refractivity (Wildman–Crippen MR) is 151 cm³/mol. The van der Waals surface area contributed by atoms with Gasteiger partial charge in [0.25, 0.3) is 5.91 Å². The van der Waals surface area contributed by atoms with Crippen molar-refractivity contribution in [1.82, 2.24) is 25.2 Å². The molecule has 0 saturated carbocycles. The average Bonchev–Trinajstić information content (AvgIpc) is 3.60. The number of hydrogen-bond acceptors (Lipinski definition) is 9. The van der Waals surface area contributed by atoms with Crippen LogP contribution in [0.1, 0.15) is 27.9 Å². The molecule has 2 aromatic carbocycles. The van der Waals surface area contributed by atoms with E-state index in [1.54, 1.807) is 16.7 Å². The minimum absolute atomic E-state index is 0.00184. The van der Waals surface area contributed by atoms with Gasteiger partial charge in [0.2, 0.25) is 11.4 Å². The van der Waals surface area contributed by atoms with E-state index in [2.05, 4.69) is 38.1 Å². The smallest absolute Gasteiger partial charge is 0.407 e. The molecule has 1 aliphatic heterocycles. The number of cyclic esters (lactones) is 1. The SMILES string of the molecule is CNC(=O)c1cn(-c2ccc3c(c2)CCC3)c2nc(Nc3ccc(S(=O)(=O)CC4COC(=O)N4)cc3)ncc2c1=O. The highest BCUT2D eigenvalue weighted by atomic mass is 32.2. The molecule has 4 aromatic rings. The molecule has 2 amide bonds. The van der Waals surface area contributed by atoms with Crippen molar-refractivity contribution in [3.05, 3.63) is 81.8 Å². The van der Waals surface area contributed by atoms with Crippen molar-refractivity contribution in [3.8, 4) is 5.69 Å². The van der Waals surface area contributed by atoms with Gasteiger partial charge < -0.3 is 25.3 Å². The maximum Gasteiger partial charge on any atom is 0.407 e. The van der Waals surface area contributed by atoms with Gasteiger partial charge in [0, 0.05) is 30.8 Å². The van der Waals surface area contributed by atoms with Gasteiger partial charge in [-0.3, -0.25) is 9.59 Å². The molecule has 41 heavy (non-hydrogen) atoms. The Labute approximate surface area is 234 Å². The topological polar surface area (TPSA) is 161 Å². The lowest BCUT2D eigenvalue weighted by atomic mass is 10.1. The highest BCUT2D eigenvalue weighted by Gasteiger charge is 2.28. The third-order valence-corrected chi connectivity index (χ3v) is 9.04. The number of aryl methyl sites for hydroxylation is 2. The summed E-state index contributed by atoms with van der Waals surface area (Å²) in [7, 11) is -2.20. The van der Waals surface area contributed by atoms with Gasteiger partial charge in [-0.15, -0.1) is 0 Å². The highest BCUT2D eigenvalue weighted by Crippen LogP contribution is 2.26. The van der Waals surface area contributed by atoms with E-state index in [1.807, 2.05) is 6.07 Å². The molecule has 1 saturated heterocycles. The number of carbonyl (C=O) groups is 2. The zero-order chi connectivity index (χ0) is 28.7. The maximum atomic E-state index is 13.2. The number of amides is 2. The number of carbonyl (C=O) groups excluding carboxylic acids is 2. The number of aromatic nitrogens is 3. The van der Waals surface area contributed by atoms with Crippen molar-refractivity contribution < 1.29 is 22.7 Å². The van der Waals surface area contributed by atoms with E-state index in [4.69, 9.17) is 4.74 Å². The molecule has 1 fully saturated rings. The van der Waals surface area contributed by atoms with Crippen LogP contribution in [-0.4, -0.2) is 60.4 Å². The van der Waals surface area contributed by atoms with E-state index in [1.165, 1.54) is 42.7 Å². The summed E-state index contributed by atoms with van der Waals surface area (Å²) in [5.74, 6) is -0.606. The first-order valence-corrected chi connectivity index (χ1v) is 14.7. The van der Waals surface area contributed by atoms with Crippen LogP contribution in [0.4, 0.5) is 16.4 Å². The van der Waals surface area contributed by atoms with Gasteiger partial charge in [-0.1, -0.05) is 6.07 Å². The van der Waals surface area contributed by atoms with Gasteiger partial charge in [0.05, 0.1) is 22.1 Å². The Morgan fingerprint density at radius 3 is 2.63 bits per heavy atom. The number of fused-ring (bicyclic) bond motifs is 2. The number of pyridine rings is 1. The van der Waals surface area contributed by atoms with Crippen LogP contribution in [0.2, 0.25) is 0 Å². The Morgan fingerprint density at radius 2 is 1.90 bits per heavy atom. The van der Waals surface area contributed by atoms with Gasteiger partial charge in [0.15, 0.2) is 15.5 Å². The normalized spacial score (nSPS) is 16.2. The van der Waals surface area contributed by atoms with Crippen LogP contribution in [-0.2, 0) is 27.4 Å². The van der Waals surface area contributed by atoms with E-state index >= 15 is 0 Å². The van der Waals surface area contributed by atoms with E-state index in [0.717, 1.165) is 24.9 Å². The summed E-state index contributed by atoms with van der Waals surface area (Å²) in [6.07, 6.45) is 5.29. The number of rotatable bonds is 7.